The standard InChI is InChI=1S/C21H23ClN4O4/c1-26(11-12-29-17-9-5-3-7-15(17)22)14-21-24-19(25-30-21)13-20(27)23-16-8-4-6-10-18(16)28-2/h3-10H,11-14H2,1-2H3,(H,23,27). The van der Waals surface area contributed by atoms with Gasteiger partial charge in [0, 0.05) is 6.54 Å². The van der Waals surface area contributed by atoms with E-state index in [0.717, 1.165) is 0 Å². The lowest BCUT2D eigenvalue weighted by Gasteiger charge is -2.15. The van der Waals surface area contributed by atoms with Crippen LogP contribution in [0.5, 0.6) is 11.5 Å². The van der Waals surface area contributed by atoms with E-state index in [1.54, 1.807) is 25.3 Å². The van der Waals surface area contributed by atoms with Gasteiger partial charge in [-0.1, -0.05) is 41.0 Å². The monoisotopic (exact) mass is 430 g/mol. The third-order valence-electron chi connectivity index (χ3n) is 4.18. The van der Waals surface area contributed by atoms with Gasteiger partial charge in [-0.15, -0.1) is 0 Å². The molecule has 1 aromatic heterocycles. The molecular weight excluding hydrogens is 408 g/mol. The van der Waals surface area contributed by atoms with Crippen LogP contribution in [0.25, 0.3) is 0 Å². The molecule has 0 aliphatic rings. The van der Waals surface area contributed by atoms with Crippen LogP contribution in [0.4, 0.5) is 5.69 Å². The Morgan fingerprint density at radius 2 is 1.90 bits per heavy atom. The average molecular weight is 431 g/mol. The van der Waals surface area contributed by atoms with Gasteiger partial charge in [0.05, 0.1) is 30.8 Å². The molecule has 0 saturated heterocycles. The molecule has 0 unspecified atom stereocenters. The largest absolute Gasteiger partial charge is 0.495 e. The van der Waals surface area contributed by atoms with E-state index in [1.807, 2.05) is 42.3 Å². The molecule has 3 rings (SSSR count). The number of halogens is 1. The molecule has 0 aliphatic carbocycles. The Balaban J connectivity index is 1.45. The van der Waals surface area contributed by atoms with Crippen LogP contribution in [0.1, 0.15) is 11.7 Å². The topological polar surface area (TPSA) is 89.7 Å². The van der Waals surface area contributed by atoms with Crippen molar-refractivity contribution in [3.05, 3.63) is 65.3 Å². The van der Waals surface area contributed by atoms with Gasteiger partial charge in [0.25, 0.3) is 0 Å². The van der Waals surface area contributed by atoms with Crippen molar-refractivity contribution in [1.82, 2.24) is 15.0 Å². The Morgan fingerprint density at radius 1 is 1.17 bits per heavy atom. The number of nitrogens with zero attached hydrogens (tertiary/aromatic N) is 3. The Labute approximate surface area is 179 Å². The second-order valence-corrected chi connectivity index (χ2v) is 6.95. The van der Waals surface area contributed by atoms with Crippen LogP contribution in [0.3, 0.4) is 0 Å². The van der Waals surface area contributed by atoms with Crippen molar-refractivity contribution in [2.75, 3.05) is 32.6 Å². The lowest BCUT2D eigenvalue weighted by molar-refractivity contribution is -0.115. The number of aromatic nitrogens is 2. The molecule has 2 aromatic carbocycles. The van der Waals surface area contributed by atoms with Gasteiger partial charge < -0.3 is 19.3 Å². The first kappa shape index (κ1) is 21.6. The average Bonchev–Trinajstić information content (AvgIpc) is 3.16. The quantitative estimate of drug-likeness (QED) is 0.527. The summed E-state index contributed by atoms with van der Waals surface area (Å²) in [5.74, 6) is 1.72. The maximum atomic E-state index is 12.3. The highest BCUT2D eigenvalue weighted by molar-refractivity contribution is 6.32. The maximum absolute atomic E-state index is 12.3. The van der Waals surface area contributed by atoms with Gasteiger partial charge in [-0.3, -0.25) is 9.69 Å². The fraction of sp³-hybridized carbons (Fsp3) is 0.286. The minimum atomic E-state index is -0.256. The number of carbonyl (C=O) groups excluding carboxylic acids is 1. The van der Waals surface area contributed by atoms with Crippen molar-refractivity contribution in [3.8, 4) is 11.5 Å². The first-order valence-electron chi connectivity index (χ1n) is 9.35. The second kappa shape index (κ2) is 10.6. The summed E-state index contributed by atoms with van der Waals surface area (Å²) in [6.07, 6.45) is 0.000873. The summed E-state index contributed by atoms with van der Waals surface area (Å²) in [6, 6.07) is 14.5. The molecule has 0 spiro atoms. The highest BCUT2D eigenvalue weighted by Gasteiger charge is 2.14. The van der Waals surface area contributed by atoms with E-state index >= 15 is 0 Å². The van der Waals surface area contributed by atoms with Crippen LogP contribution >= 0.6 is 11.6 Å². The molecule has 0 radical (unpaired) electrons. The number of rotatable bonds is 10. The molecule has 0 bridgehead atoms. The van der Waals surface area contributed by atoms with Crippen LogP contribution in [0.15, 0.2) is 53.1 Å². The predicted molar refractivity (Wildman–Crippen MR) is 113 cm³/mol. The third kappa shape index (κ3) is 6.20. The molecule has 1 heterocycles. The number of anilines is 1. The van der Waals surface area contributed by atoms with E-state index in [0.29, 0.717) is 53.6 Å². The second-order valence-electron chi connectivity index (χ2n) is 6.55. The van der Waals surface area contributed by atoms with Crippen molar-refractivity contribution in [3.63, 3.8) is 0 Å². The minimum Gasteiger partial charge on any atom is -0.495 e. The normalized spacial score (nSPS) is 10.8. The number of amides is 1. The van der Waals surface area contributed by atoms with E-state index in [9.17, 15) is 4.79 Å². The van der Waals surface area contributed by atoms with Gasteiger partial charge in [0.2, 0.25) is 11.8 Å². The lowest BCUT2D eigenvalue weighted by atomic mass is 10.2. The number of para-hydroxylation sites is 3. The molecule has 0 fully saturated rings. The van der Waals surface area contributed by atoms with E-state index in [1.165, 1.54) is 0 Å². The fourth-order valence-electron chi connectivity index (χ4n) is 2.70. The van der Waals surface area contributed by atoms with E-state index < -0.39 is 0 Å². The van der Waals surface area contributed by atoms with Crippen molar-refractivity contribution in [2.45, 2.75) is 13.0 Å². The van der Waals surface area contributed by atoms with Gasteiger partial charge in [-0.05, 0) is 31.3 Å². The van der Waals surface area contributed by atoms with Gasteiger partial charge in [0.1, 0.15) is 18.1 Å². The summed E-state index contributed by atoms with van der Waals surface area (Å²) >= 11 is 6.07. The number of ether oxygens (including phenoxy) is 2. The van der Waals surface area contributed by atoms with Crippen LogP contribution in [0, 0.1) is 0 Å². The lowest BCUT2D eigenvalue weighted by Crippen LogP contribution is -2.24. The summed E-state index contributed by atoms with van der Waals surface area (Å²) in [5.41, 5.74) is 0.590. The highest BCUT2D eigenvalue weighted by Crippen LogP contribution is 2.23. The van der Waals surface area contributed by atoms with Crippen LogP contribution in [-0.4, -0.2) is 48.3 Å². The molecular formula is C21H23ClN4O4. The molecule has 8 nitrogen and oxygen atoms in total. The summed E-state index contributed by atoms with van der Waals surface area (Å²) < 4.78 is 16.1. The Hall–Kier alpha value is -3.10. The first-order valence-corrected chi connectivity index (χ1v) is 9.73. The zero-order valence-electron chi connectivity index (χ0n) is 16.8. The van der Waals surface area contributed by atoms with E-state index in [2.05, 4.69) is 15.5 Å². The Bertz CT molecular complexity index is 979. The van der Waals surface area contributed by atoms with Gasteiger partial charge in [-0.2, -0.15) is 4.98 Å². The Kier molecular flexibility index (Phi) is 7.64. The zero-order chi connectivity index (χ0) is 21.3. The summed E-state index contributed by atoms with van der Waals surface area (Å²) in [7, 11) is 3.46. The highest BCUT2D eigenvalue weighted by atomic mass is 35.5. The molecule has 3 aromatic rings. The number of likely N-dealkylation sites (N-methyl/N-ethyl adjacent to an activating group) is 1. The minimum absolute atomic E-state index is 0.000873. The van der Waals surface area contributed by atoms with Crippen molar-refractivity contribution >= 4 is 23.2 Å². The van der Waals surface area contributed by atoms with Crippen molar-refractivity contribution in [2.24, 2.45) is 0 Å². The van der Waals surface area contributed by atoms with E-state index in [4.69, 9.17) is 25.6 Å². The molecule has 1 N–H and O–H groups in total. The SMILES string of the molecule is COc1ccccc1NC(=O)Cc1noc(CN(C)CCOc2ccccc2Cl)n1. The smallest absolute Gasteiger partial charge is 0.240 e. The summed E-state index contributed by atoms with van der Waals surface area (Å²) in [6.45, 7) is 1.53. The van der Waals surface area contributed by atoms with Gasteiger partial charge in [0.15, 0.2) is 5.82 Å². The van der Waals surface area contributed by atoms with Crippen LogP contribution < -0.4 is 14.8 Å². The fourth-order valence-corrected chi connectivity index (χ4v) is 2.89. The van der Waals surface area contributed by atoms with Crippen LogP contribution in [-0.2, 0) is 17.8 Å². The number of hydrogen-bond acceptors (Lipinski definition) is 7. The molecule has 0 atom stereocenters. The van der Waals surface area contributed by atoms with Gasteiger partial charge >= 0.3 is 0 Å². The number of carbonyl (C=O) groups is 1. The number of nitrogens with one attached hydrogen (secondary N) is 1. The number of hydrogen-bond donors (Lipinski definition) is 1. The van der Waals surface area contributed by atoms with Crippen molar-refractivity contribution < 1.29 is 18.8 Å². The third-order valence-corrected chi connectivity index (χ3v) is 4.49. The molecule has 0 aliphatic heterocycles. The first-order chi connectivity index (χ1) is 14.5. The van der Waals surface area contributed by atoms with Crippen LogP contribution in [0.2, 0.25) is 5.02 Å². The molecule has 9 heteroatoms. The number of benzene rings is 2. The molecule has 158 valence electrons. The predicted octanol–water partition coefficient (Wildman–Crippen LogP) is 3.42. The molecule has 1 amide bonds. The zero-order valence-corrected chi connectivity index (χ0v) is 17.6. The number of methoxy groups -OCH3 is 1. The summed E-state index contributed by atoms with van der Waals surface area (Å²) in [4.78, 5) is 18.5. The van der Waals surface area contributed by atoms with Gasteiger partial charge in [-0.25, -0.2) is 0 Å². The van der Waals surface area contributed by atoms with Crippen molar-refractivity contribution in [1.29, 1.82) is 0 Å². The molecule has 0 saturated carbocycles. The Morgan fingerprint density at radius 3 is 2.67 bits per heavy atom. The summed E-state index contributed by atoms with van der Waals surface area (Å²) in [5, 5.41) is 7.24. The maximum Gasteiger partial charge on any atom is 0.240 e. The molecule has 30 heavy (non-hydrogen) atoms. The van der Waals surface area contributed by atoms with E-state index in [-0.39, 0.29) is 12.3 Å².